The van der Waals surface area contributed by atoms with Crippen LogP contribution in [-0.4, -0.2) is 98.1 Å². The lowest BCUT2D eigenvalue weighted by molar-refractivity contribution is 0.0684. The normalized spacial score (nSPS) is 11.2. The summed E-state index contributed by atoms with van der Waals surface area (Å²) in [6.45, 7) is 2.52. The van der Waals surface area contributed by atoms with Crippen LogP contribution in [0, 0.1) is 0 Å². The van der Waals surface area contributed by atoms with Gasteiger partial charge in [0.15, 0.2) is 0 Å². The second-order valence-corrected chi connectivity index (χ2v) is 8.76. The number of amides is 2. The molecule has 6 N–H and O–H groups in total. The highest BCUT2D eigenvalue weighted by Gasteiger charge is 2.25. The molecular weight excluding hydrogens is 468 g/mol. The number of aromatic carboxylic acids is 2. The molecular formula is C24H34N6O6. The number of carboxylic acid groups (broad SMARTS) is 2. The van der Waals surface area contributed by atoms with Gasteiger partial charge in [-0.25, -0.2) is 20.4 Å². The van der Waals surface area contributed by atoms with E-state index >= 15 is 0 Å². The molecule has 2 amide bonds. The number of carbonyl (C=O) groups is 4. The molecule has 0 radical (unpaired) electrons. The van der Waals surface area contributed by atoms with Crippen molar-refractivity contribution >= 4 is 34.5 Å². The molecule has 0 bridgehead atoms. The number of hydrogen-bond donors (Lipinski definition) is 6. The number of rotatable bonds is 14. The molecule has 12 heteroatoms. The number of nitrogens with zero attached hydrogens (tertiary/aromatic N) is 2. The minimum Gasteiger partial charge on any atom is -0.478 e. The fourth-order valence-corrected chi connectivity index (χ4v) is 3.62. The van der Waals surface area contributed by atoms with Gasteiger partial charge in [0.1, 0.15) is 0 Å². The zero-order valence-electron chi connectivity index (χ0n) is 21.0. The first-order valence-electron chi connectivity index (χ1n) is 11.5. The molecule has 36 heavy (non-hydrogen) atoms. The molecule has 12 nitrogen and oxygen atoms in total. The van der Waals surface area contributed by atoms with Crippen LogP contribution in [0.4, 0.5) is 0 Å². The fourth-order valence-electron chi connectivity index (χ4n) is 3.62. The highest BCUT2D eigenvalue weighted by Crippen LogP contribution is 2.30. The lowest BCUT2D eigenvalue weighted by Gasteiger charge is -2.16. The zero-order chi connectivity index (χ0) is 26.8. The number of benzene rings is 2. The van der Waals surface area contributed by atoms with Crippen molar-refractivity contribution < 1.29 is 29.4 Å². The minimum atomic E-state index is -1.36. The highest BCUT2D eigenvalue weighted by molar-refractivity contribution is 6.23. The number of carbonyl (C=O) groups excluding carboxylic acids is 2. The monoisotopic (exact) mass is 502 g/mol. The van der Waals surface area contributed by atoms with Crippen molar-refractivity contribution in [1.82, 2.24) is 31.5 Å². The van der Waals surface area contributed by atoms with Crippen LogP contribution in [0.3, 0.4) is 0 Å². The third-order valence-electron chi connectivity index (χ3n) is 5.33. The van der Waals surface area contributed by atoms with E-state index in [1.54, 1.807) is 0 Å². The molecule has 2 rings (SSSR count). The summed E-state index contributed by atoms with van der Waals surface area (Å²) in [6.07, 6.45) is 1.50. The van der Waals surface area contributed by atoms with Crippen LogP contribution in [0.5, 0.6) is 0 Å². The van der Waals surface area contributed by atoms with Crippen molar-refractivity contribution in [2.45, 2.75) is 12.8 Å². The quantitative estimate of drug-likeness (QED) is 0.159. The van der Waals surface area contributed by atoms with Gasteiger partial charge in [0.2, 0.25) is 0 Å². The highest BCUT2D eigenvalue weighted by atomic mass is 16.4. The van der Waals surface area contributed by atoms with Crippen LogP contribution in [0.15, 0.2) is 24.3 Å². The van der Waals surface area contributed by atoms with Gasteiger partial charge in [-0.15, -0.1) is 0 Å². The van der Waals surface area contributed by atoms with E-state index < -0.39 is 23.8 Å². The van der Waals surface area contributed by atoms with E-state index in [-0.39, 0.29) is 33.0 Å². The summed E-state index contributed by atoms with van der Waals surface area (Å²) in [5.41, 5.74) is 9.91. The first-order chi connectivity index (χ1) is 17.0. The van der Waals surface area contributed by atoms with Gasteiger partial charge in [-0.2, -0.15) is 0 Å². The molecule has 0 fully saturated rings. The number of nitrogens with one attached hydrogen (secondary N) is 4. The Hall–Kier alpha value is -3.58. The molecule has 0 aromatic heterocycles. The summed E-state index contributed by atoms with van der Waals surface area (Å²) in [4.78, 5) is 53.9. The number of hydrogen-bond acceptors (Lipinski definition) is 8. The average molecular weight is 503 g/mol. The fraction of sp³-hybridized carbons (Fsp3) is 0.417. The predicted octanol–water partition coefficient (Wildman–Crippen LogP) is 0.608. The summed E-state index contributed by atoms with van der Waals surface area (Å²) in [6, 6.07) is 4.88. The molecule has 0 unspecified atom stereocenters. The Balaban J connectivity index is 2.44. The predicted molar refractivity (Wildman–Crippen MR) is 135 cm³/mol. The Kier molecular flexibility index (Phi) is 10.7. The molecule has 0 saturated carbocycles. The molecule has 2 aromatic rings. The van der Waals surface area contributed by atoms with Gasteiger partial charge in [0, 0.05) is 35.0 Å². The van der Waals surface area contributed by atoms with E-state index in [1.807, 2.05) is 38.0 Å². The number of carboxylic acids is 2. The third kappa shape index (κ3) is 7.71. The van der Waals surface area contributed by atoms with Crippen molar-refractivity contribution in [1.29, 1.82) is 0 Å². The van der Waals surface area contributed by atoms with Gasteiger partial charge >= 0.3 is 11.9 Å². The van der Waals surface area contributed by atoms with Gasteiger partial charge in [-0.05, 0) is 78.4 Å². The molecule has 2 aromatic carbocycles. The molecule has 0 aliphatic rings. The van der Waals surface area contributed by atoms with E-state index in [9.17, 15) is 29.4 Å². The van der Waals surface area contributed by atoms with Crippen LogP contribution in [0.1, 0.15) is 54.3 Å². The van der Waals surface area contributed by atoms with E-state index in [1.165, 1.54) is 12.1 Å². The lowest BCUT2D eigenvalue weighted by atomic mass is 9.91. The van der Waals surface area contributed by atoms with E-state index in [4.69, 9.17) is 0 Å². The first kappa shape index (κ1) is 28.7. The van der Waals surface area contributed by atoms with Crippen molar-refractivity contribution in [3.8, 4) is 0 Å². The average Bonchev–Trinajstić information content (AvgIpc) is 2.81. The van der Waals surface area contributed by atoms with Crippen molar-refractivity contribution in [2.75, 3.05) is 54.4 Å². The molecule has 0 spiro atoms. The van der Waals surface area contributed by atoms with Gasteiger partial charge in [0.25, 0.3) is 11.8 Å². The Labute approximate surface area is 209 Å². The Morgan fingerprint density at radius 2 is 0.972 bits per heavy atom. The molecule has 0 saturated heterocycles. The number of hydrazine groups is 2. The molecule has 196 valence electrons. The smallest absolute Gasteiger partial charge is 0.336 e. The maximum absolute atomic E-state index is 13.0. The Bertz CT molecular complexity index is 1030. The summed E-state index contributed by atoms with van der Waals surface area (Å²) < 4.78 is 0. The largest absolute Gasteiger partial charge is 0.478 e. The molecule has 0 aliphatic carbocycles. The zero-order valence-corrected chi connectivity index (χ0v) is 21.0. The maximum atomic E-state index is 13.0. The van der Waals surface area contributed by atoms with Crippen LogP contribution >= 0.6 is 0 Å². The van der Waals surface area contributed by atoms with E-state index in [0.717, 1.165) is 38.1 Å². The van der Waals surface area contributed by atoms with Gasteiger partial charge in [-0.1, -0.05) is 0 Å². The minimum absolute atomic E-state index is 0.0684. The summed E-state index contributed by atoms with van der Waals surface area (Å²) in [5, 5.41) is 19.3. The summed E-state index contributed by atoms with van der Waals surface area (Å²) in [7, 11) is 7.70. The van der Waals surface area contributed by atoms with Crippen molar-refractivity contribution in [3.05, 3.63) is 46.5 Å². The Morgan fingerprint density at radius 3 is 1.28 bits per heavy atom. The van der Waals surface area contributed by atoms with Crippen molar-refractivity contribution in [2.24, 2.45) is 0 Å². The first-order valence-corrected chi connectivity index (χ1v) is 11.5. The third-order valence-corrected chi connectivity index (χ3v) is 5.33. The SMILES string of the molecule is CN(C)CCCNNC(=O)c1ccc(C(=O)NNCCCN(C)C)c2c(C(=O)O)ccc(C(=O)O)c12. The summed E-state index contributed by atoms with van der Waals surface area (Å²) in [5.74, 6) is -4.01. The van der Waals surface area contributed by atoms with Gasteiger partial charge < -0.3 is 20.0 Å². The molecule has 0 aliphatic heterocycles. The van der Waals surface area contributed by atoms with Crippen LogP contribution in [-0.2, 0) is 0 Å². The van der Waals surface area contributed by atoms with Gasteiger partial charge in [-0.3, -0.25) is 20.4 Å². The van der Waals surface area contributed by atoms with Gasteiger partial charge in [0.05, 0.1) is 11.1 Å². The van der Waals surface area contributed by atoms with E-state index in [0.29, 0.717) is 13.1 Å². The van der Waals surface area contributed by atoms with E-state index in [2.05, 4.69) is 21.7 Å². The van der Waals surface area contributed by atoms with Crippen LogP contribution in [0.25, 0.3) is 10.8 Å². The van der Waals surface area contributed by atoms with Crippen LogP contribution < -0.4 is 21.7 Å². The lowest BCUT2D eigenvalue weighted by Crippen LogP contribution is -2.40. The Morgan fingerprint density at radius 1 is 0.639 bits per heavy atom. The second kappa shape index (κ2) is 13.5. The molecule has 0 atom stereocenters. The topological polar surface area (TPSA) is 163 Å². The summed E-state index contributed by atoms with van der Waals surface area (Å²) >= 11 is 0. The standard InChI is InChI=1S/C24H34N6O6/c1-29(2)13-5-11-25-27-21(31)15-7-8-16(22(32)28-26-12-6-14-30(3)4)20-18(24(35)36)10-9-17(19(15)20)23(33)34/h7-10,25-26H,5-6,11-14H2,1-4H3,(H,27,31)(H,28,32)(H,33,34)(H,35,36). The molecule has 0 heterocycles. The maximum Gasteiger partial charge on any atom is 0.336 e. The second-order valence-electron chi connectivity index (χ2n) is 8.76. The van der Waals surface area contributed by atoms with Crippen molar-refractivity contribution in [3.63, 3.8) is 0 Å². The van der Waals surface area contributed by atoms with Crippen LogP contribution in [0.2, 0.25) is 0 Å². The number of fused-ring (bicyclic) bond motifs is 1.